The number of fused-ring (bicyclic) bond motifs is 2. The van der Waals surface area contributed by atoms with E-state index in [0.717, 1.165) is 23.7 Å². The van der Waals surface area contributed by atoms with Gasteiger partial charge in [-0.1, -0.05) is 41.6 Å². The van der Waals surface area contributed by atoms with E-state index in [1.165, 1.54) is 22.5 Å². The van der Waals surface area contributed by atoms with Gasteiger partial charge in [0.05, 0.1) is 36.5 Å². The Labute approximate surface area is 215 Å². The van der Waals surface area contributed by atoms with Crippen molar-refractivity contribution in [1.29, 1.82) is 0 Å². The molecule has 3 atom stereocenters. The van der Waals surface area contributed by atoms with Crippen molar-refractivity contribution in [2.24, 2.45) is 5.92 Å². The molecule has 0 aliphatic carbocycles. The molecule has 2 aliphatic heterocycles. The highest BCUT2D eigenvalue weighted by Gasteiger charge is 2.50. The summed E-state index contributed by atoms with van der Waals surface area (Å²) in [6.07, 6.45) is 3.37. The van der Waals surface area contributed by atoms with Crippen LogP contribution in [0.1, 0.15) is 30.5 Å². The van der Waals surface area contributed by atoms with E-state index < -0.39 is 27.9 Å². The number of halogens is 1. The number of nitrogens with zero attached hydrogens (tertiary/aromatic N) is 5. The minimum atomic E-state index is -4.13. The molecule has 5 rings (SSSR count). The maximum atomic E-state index is 14.0. The van der Waals surface area contributed by atoms with E-state index in [1.807, 2.05) is 30.3 Å². The van der Waals surface area contributed by atoms with Crippen molar-refractivity contribution < 1.29 is 22.3 Å². The molecular weight excluding hydrogens is 497 g/mol. The summed E-state index contributed by atoms with van der Waals surface area (Å²) in [6.45, 7) is 1.37. The highest BCUT2D eigenvalue weighted by Crippen LogP contribution is 2.37. The summed E-state index contributed by atoms with van der Waals surface area (Å²) in [6, 6.07) is 13.5. The number of carbonyl (C=O) groups excluding carboxylic acids is 1. The number of ether oxygens (including phenoxy) is 1. The summed E-state index contributed by atoms with van der Waals surface area (Å²) in [5.74, 6) is -1.15. The number of carbonyl (C=O) groups is 1. The molecule has 9 nitrogen and oxygen atoms in total. The number of hydrogen-bond acceptors (Lipinski definition) is 6. The van der Waals surface area contributed by atoms with Crippen LogP contribution in [0.25, 0.3) is 0 Å². The summed E-state index contributed by atoms with van der Waals surface area (Å²) in [4.78, 5) is 15.5. The molecule has 0 saturated carbocycles. The lowest BCUT2D eigenvalue weighted by Crippen LogP contribution is -2.55. The number of rotatable bonds is 8. The molecule has 0 spiro atoms. The quantitative estimate of drug-likeness (QED) is 0.447. The summed E-state index contributed by atoms with van der Waals surface area (Å²) >= 11 is 0. The summed E-state index contributed by atoms with van der Waals surface area (Å²) in [5, 5.41) is 8.28. The van der Waals surface area contributed by atoms with Gasteiger partial charge in [0.1, 0.15) is 11.9 Å². The van der Waals surface area contributed by atoms with E-state index in [1.54, 1.807) is 22.9 Å². The second kappa shape index (κ2) is 10.7. The van der Waals surface area contributed by atoms with Gasteiger partial charge in [-0.2, -0.15) is 4.31 Å². The highest BCUT2D eigenvalue weighted by molar-refractivity contribution is 7.89. The molecule has 2 aliphatic rings. The average molecular weight is 528 g/mol. The normalized spacial score (nSPS) is 22.7. The van der Waals surface area contributed by atoms with Gasteiger partial charge in [-0.3, -0.25) is 4.79 Å². The highest BCUT2D eigenvalue weighted by atomic mass is 32.2. The predicted molar refractivity (Wildman–Crippen MR) is 133 cm³/mol. The number of aromatic nitrogens is 3. The zero-order chi connectivity index (χ0) is 26.0. The Hall–Kier alpha value is -3.15. The summed E-state index contributed by atoms with van der Waals surface area (Å²) in [7, 11) is -2.55. The molecule has 2 saturated heterocycles. The number of benzene rings is 2. The van der Waals surface area contributed by atoms with Gasteiger partial charge in [0.25, 0.3) is 0 Å². The average Bonchev–Trinajstić information content (AvgIpc) is 3.31. The third-order valence-electron chi connectivity index (χ3n) is 7.19. The van der Waals surface area contributed by atoms with Crippen LogP contribution in [0.2, 0.25) is 0 Å². The molecule has 1 aromatic heterocycles. The third kappa shape index (κ3) is 5.16. The monoisotopic (exact) mass is 527 g/mol. The van der Waals surface area contributed by atoms with Crippen molar-refractivity contribution in [2.45, 2.75) is 49.3 Å². The first-order chi connectivity index (χ1) is 17.9. The molecular formula is C26H30FN5O4S. The van der Waals surface area contributed by atoms with E-state index in [4.69, 9.17) is 4.74 Å². The van der Waals surface area contributed by atoms with Crippen LogP contribution in [0.3, 0.4) is 0 Å². The molecule has 0 radical (unpaired) electrons. The Balaban J connectivity index is 1.48. The molecule has 0 N–H and O–H groups in total. The fourth-order valence-electron chi connectivity index (χ4n) is 5.49. The molecule has 1 amide bonds. The van der Waals surface area contributed by atoms with E-state index in [2.05, 4.69) is 10.3 Å². The van der Waals surface area contributed by atoms with Crippen LogP contribution in [-0.2, 0) is 32.6 Å². The largest absolute Gasteiger partial charge is 0.384 e. The molecule has 2 fully saturated rings. The van der Waals surface area contributed by atoms with Crippen molar-refractivity contribution in [2.75, 3.05) is 20.3 Å². The Morgan fingerprint density at radius 2 is 1.89 bits per heavy atom. The first-order valence-corrected chi connectivity index (χ1v) is 13.8. The standard InChI is InChI=1S/C26H30FN5O4S/c1-36-18-20-16-30(17-22-14-28-29-31(22)15-19-7-3-2-4-8-19)26(33)25-12-6-11-24(20)32(25)37(34,35)23-10-5-9-21(27)13-23/h2-5,7-10,13-14,20,24-25H,6,11-12,15-18H2,1H3/t20-,24-,25+/m1/s1. The lowest BCUT2D eigenvalue weighted by Gasteiger charge is -2.40. The van der Waals surface area contributed by atoms with Crippen LogP contribution in [0.15, 0.2) is 65.7 Å². The van der Waals surface area contributed by atoms with E-state index in [9.17, 15) is 17.6 Å². The van der Waals surface area contributed by atoms with Crippen LogP contribution in [-0.4, -0.2) is 70.9 Å². The van der Waals surface area contributed by atoms with Crippen molar-refractivity contribution in [1.82, 2.24) is 24.2 Å². The van der Waals surface area contributed by atoms with Gasteiger partial charge in [0.2, 0.25) is 15.9 Å². The van der Waals surface area contributed by atoms with Gasteiger partial charge in [-0.05, 0) is 43.0 Å². The van der Waals surface area contributed by atoms with Crippen molar-refractivity contribution in [3.05, 3.63) is 77.9 Å². The maximum Gasteiger partial charge on any atom is 0.244 e. The lowest BCUT2D eigenvalue weighted by atomic mass is 9.91. The van der Waals surface area contributed by atoms with Crippen LogP contribution in [0, 0.1) is 11.7 Å². The van der Waals surface area contributed by atoms with Crippen LogP contribution >= 0.6 is 0 Å². The summed E-state index contributed by atoms with van der Waals surface area (Å²) in [5.41, 5.74) is 1.81. The van der Waals surface area contributed by atoms with Gasteiger partial charge in [0, 0.05) is 25.6 Å². The third-order valence-corrected chi connectivity index (χ3v) is 9.12. The van der Waals surface area contributed by atoms with Crippen LogP contribution < -0.4 is 0 Å². The van der Waals surface area contributed by atoms with Crippen LogP contribution in [0.5, 0.6) is 0 Å². The van der Waals surface area contributed by atoms with Crippen molar-refractivity contribution in [3.63, 3.8) is 0 Å². The molecule has 11 heteroatoms. The lowest BCUT2D eigenvalue weighted by molar-refractivity contribution is -0.135. The van der Waals surface area contributed by atoms with Crippen LogP contribution in [0.4, 0.5) is 4.39 Å². The minimum Gasteiger partial charge on any atom is -0.384 e. The Kier molecular flexibility index (Phi) is 7.36. The second-order valence-electron chi connectivity index (χ2n) is 9.61. The number of methoxy groups -OCH3 is 1. The topological polar surface area (TPSA) is 97.6 Å². The minimum absolute atomic E-state index is 0.146. The summed E-state index contributed by atoms with van der Waals surface area (Å²) < 4.78 is 50.2. The second-order valence-corrected chi connectivity index (χ2v) is 11.5. The Morgan fingerprint density at radius 3 is 2.65 bits per heavy atom. The zero-order valence-corrected chi connectivity index (χ0v) is 21.4. The molecule has 2 bridgehead atoms. The predicted octanol–water partition coefficient (Wildman–Crippen LogP) is 2.68. The van der Waals surface area contributed by atoms with Gasteiger partial charge in [0.15, 0.2) is 0 Å². The molecule has 2 aromatic carbocycles. The van der Waals surface area contributed by atoms with Crippen molar-refractivity contribution >= 4 is 15.9 Å². The van der Waals surface area contributed by atoms with E-state index in [0.29, 0.717) is 25.9 Å². The number of amides is 1. The molecule has 0 unspecified atom stereocenters. The maximum absolute atomic E-state index is 14.0. The fraction of sp³-hybridized carbons (Fsp3) is 0.423. The first-order valence-electron chi connectivity index (χ1n) is 12.4. The van der Waals surface area contributed by atoms with Gasteiger partial charge < -0.3 is 9.64 Å². The molecule has 37 heavy (non-hydrogen) atoms. The SMILES string of the molecule is COC[C@H]1CN(Cc2cnnn2Cc2ccccc2)C(=O)[C@@H]2CCC[C@H]1N2S(=O)(=O)c1cccc(F)c1. The number of piperidine rings is 1. The fourth-order valence-corrected chi connectivity index (χ4v) is 7.41. The zero-order valence-electron chi connectivity index (χ0n) is 20.6. The molecule has 3 aromatic rings. The van der Waals surface area contributed by atoms with Gasteiger partial charge >= 0.3 is 0 Å². The Morgan fingerprint density at radius 1 is 1.08 bits per heavy atom. The smallest absolute Gasteiger partial charge is 0.244 e. The van der Waals surface area contributed by atoms with E-state index >= 15 is 0 Å². The van der Waals surface area contributed by atoms with Gasteiger partial charge in [-0.25, -0.2) is 17.5 Å². The van der Waals surface area contributed by atoms with Gasteiger partial charge in [-0.15, -0.1) is 5.10 Å². The number of sulfonamides is 1. The number of hydrogen-bond donors (Lipinski definition) is 0. The molecule has 3 heterocycles. The van der Waals surface area contributed by atoms with Crippen molar-refractivity contribution in [3.8, 4) is 0 Å². The first kappa shape index (κ1) is 25.5. The molecule has 196 valence electrons. The van der Waals surface area contributed by atoms with E-state index in [-0.39, 0.29) is 29.9 Å². The Bertz CT molecular complexity index is 1350.